The number of fused-ring (bicyclic) bond motifs is 3. The Morgan fingerprint density at radius 3 is 1.48 bits per heavy atom. The summed E-state index contributed by atoms with van der Waals surface area (Å²) < 4.78 is 47.0. The van der Waals surface area contributed by atoms with E-state index in [0.717, 1.165) is 26.1 Å². The summed E-state index contributed by atoms with van der Waals surface area (Å²) in [5.74, 6) is -1.57. The second-order valence-corrected chi connectivity index (χ2v) is 17.4. The maximum absolute atomic E-state index is 12.4. The Morgan fingerprint density at radius 2 is 1.06 bits per heavy atom. The Labute approximate surface area is 195 Å². The van der Waals surface area contributed by atoms with Crippen molar-refractivity contribution in [1.29, 1.82) is 0 Å². The van der Waals surface area contributed by atoms with E-state index < -0.39 is 42.2 Å². The Bertz CT molecular complexity index is 798. The molecule has 196 valence electrons. The normalized spacial score (nSPS) is 29.6. The lowest BCUT2D eigenvalue weighted by Crippen LogP contribution is -2.47. The molecule has 2 fully saturated rings. The fourth-order valence-electron chi connectivity index (χ4n) is 4.28. The van der Waals surface area contributed by atoms with E-state index in [2.05, 4.69) is 9.80 Å². The smallest absolute Gasteiger partial charge is 0.335 e. The van der Waals surface area contributed by atoms with Crippen LogP contribution in [-0.2, 0) is 18.3 Å². The molecule has 2 rings (SSSR count). The summed E-state index contributed by atoms with van der Waals surface area (Å²) in [5.41, 5.74) is 0. The number of hydrogen-bond acceptors (Lipinski definition) is 8. The van der Waals surface area contributed by atoms with Crippen molar-refractivity contribution in [2.24, 2.45) is 0 Å². The van der Waals surface area contributed by atoms with Crippen molar-refractivity contribution in [3.05, 3.63) is 0 Å². The first-order valence-electron chi connectivity index (χ1n) is 11.0. The fourth-order valence-corrected chi connectivity index (χ4v) is 10.8. The average molecular weight is 554 g/mol. The van der Waals surface area contributed by atoms with Crippen molar-refractivity contribution in [3.63, 3.8) is 0 Å². The molecule has 0 spiro atoms. The van der Waals surface area contributed by atoms with E-state index in [9.17, 15) is 28.0 Å². The highest BCUT2D eigenvalue weighted by molar-refractivity contribution is 7.72. The minimum absolute atomic E-state index is 0.100. The lowest BCUT2D eigenvalue weighted by molar-refractivity contribution is 0.129. The molecule has 13 nitrogen and oxygen atoms in total. The Hall–Kier alpha value is 0.560. The Morgan fingerprint density at radius 1 is 0.636 bits per heavy atom. The maximum Gasteiger partial charge on any atom is 0.335 e. The molecule has 5 atom stereocenters. The summed E-state index contributed by atoms with van der Waals surface area (Å²) >= 11 is 0. The lowest BCUT2D eigenvalue weighted by Gasteiger charge is -2.36. The summed E-state index contributed by atoms with van der Waals surface area (Å²) in [6.07, 6.45) is 1.10. The van der Waals surface area contributed by atoms with Gasteiger partial charge in [0.2, 0.25) is 14.7 Å². The van der Waals surface area contributed by atoms with E-state index in [1.165, 1.54) is 0 Å². The molecule has 0 aromatic rings. The average Bonchev–Trinajstić information content (AvgIpc) is 2.62. The third-order valence-electron chi connectivity index (χ3n) is 5.72. The van der Waals surface area contributed by atoms with Crippen molar-refractivity contribution in [2.75, 3.05) is 89.8 Å². The topological polar surface area (TPSA) is 182 Å². The van der Waals surface area contributed by atoms with E-state index in [1.54, 1.807) is 0 Å². The highest BCUT2D eigenvalue weighted by atomic mass is 31.2. The van der Waals surface area contributed by atoms with E-state index in [-0.39, 0.29) is 12.6 Å². The molecule has 0 aromatic carbocycles. The van der Waals surface area contributed by atoms with Crippen molar-refractivity contribution in [2.45, 2.75) is 12.8 Å². The largest absolute Gasteiger partial charge is 0.346 e. The van der Waals surface area contributed by atoms with Gasteiger partial charge in [-0.25, -0.2) is 0 Å². The van der Waals surface area contributed by atoms with Gasteiger partial charge in [0.05, 0.1) is 12.6 Å². The second-order valence-electron chi connectivity index (χ2n) is 8.96. The number of nitrogens with zero attached hydrogens (tertiary/aromatic N) is 4. The van der Waals surface area contributed by atoms with Gasteiger partial charge in [0.25, 0.3) is 0 Å². The molecule has 0 aromatic heterocycles. The predicted molar refractivity (Wildman–Crippen MR) is 128 cm³/mol. The molecule has 2 heterocycles. The molecule has 0 amide bonds. The van der Waals surface area contributed by atoms with Crippen LogP contribution in [0.2, 0.25) is 0 Å². The first-order valence-corrected chi connectivity index (χ1v) is 18.4. The molecule has 2 aliphatic heterocycles. The van der Waals surface area contributed by atoms with Gasteiger partial charge in [0.1, 0.15) is 11.8 Å². The van der Waals surface area contributed by atoms with Gasteiger partial charge >= 0.3 is 7.60 Å². The van der Waals surface area contributed by atoms with Gasteiger partial charge in [-0.3, -0.25) is 28.1 Å². The first-order chi connectivity index (χ1) is 15.2. The quantitative estimate of drug-likeness (QED) is 0.254. The van der Waals surface area contributed by atoms with Crippen molar-refractivity contribution < 1.29 is 42.7 Å². The second kappa shape index (κ2) is 13.2. The summed E-state index contributed by atoms with van der Waals surface area (Å²) in [6, 6.07) is 0. The third kappa shape index (κ3) is 12.9. The molecular formula is C16H38N4O9P4. The molecule has 2 saturated heterocycles. The monoisotopic (exact) mass is 554 g/mol. The van der Waals surface area contributed by atoms with E-state index in [1.807, 2.05) is 9.80 Å². The van der Waals surface area contributed by atoms with Gasteiger partial charge in [-0.2, -0.15) is 0 Å². The molecule has 2 aliphatic rings. The van der Waals surface area contributed by atoms with Crippen LogP contribution in [0.5, 0.6) is 0 Å². The van der Waals surface area contributed by atoms with Crippen molar-refractivity contribution in [3.8, 4) is 0 Å². The molecule has 5 unspecified atom stereocenters. The zero-order valence-electron chi connectivity index (χ0n) is 18.8. The van der Waals surface area contributed by atoms with Gasteiger partial charge < -0.3 is 34.3 Å². The van der Waals surface area contributed by atoms with Crippen molar-refractivity contribution in [1.82, 2.24) is 19.6 Å². The zero-order chi connectivity index (χ0) is 24.7. The summed E-state index contributed by atoms with van der Waals surface area (Å²) in [6.45, 7) is 6.56. The number of hydrogen-bond donors (Lipinski definition) is 5. The third-order valence-corrected chi connectivity index (χ3v) is 13.7. The van der Waals surface area contributed by atoms with Crippen molar-refractivity contribution >= 4 is 30.4 Å². The van der Waals surface area contributed by atoms with Crippen LogP contribution in [0.4, 0.5) is 0 Å². The van der Waals surface area contributed by atoms with Crippen LogP contribution in [0.15, 0.2) is 0 Å². The van der Waals surface area contributed by atoms with Crippen LogP contribution in [-0.4, -0.2) is 134 Å². The van der Waals surface area contributed by atoms with Gasteiger partial charge in [-0.1, -0.05) is 0 Å². The SMILES string of the molecule is O=[PH](O)CP(=O)(O)CN1CCCN2CCN(CCCN(CP(=O)(O)CP(=O)(O)O)CC2)CC1. The highest BCUT2D eigenvalue weighted by Gasteiger charge is 2.32. The maximum atomic E-state index is 12.4. The Kier molecular flexibility index (Phi) is 11.9. The van der Waals surface area contributed by atoms with E-state index >= 15 is 0 Å². The Balaban J connectivity index is 2.00. The molecule has 17 heteroatoms. The summed E-state index contributed by atoms with van der Waals surface area (Å²) in [7, 11) is -15.3. The molecule has 5 N–H and O–H groups in total. The van der Waals surface area contributed by atoms with Gasteiger partial charge in [0, 0.05) is 39.3 Å². The summed E-state index contributed by atoms with van der Waals surface area (Å²) in [5, 5.41) is 0. The van der Waals surface area contributed by atoms with Gasteiger partial charge in [0.15, 0.2) is 8.03 Å². The van der Waals surface area contributed by atoms with Crippen LogP contribution < -0.4 is 0 Å². The molecule has 0 aliphatic carbocycles. The standard InChI is InChI=1S/C16H38N4O9P4/c21-30(22)15-31(23,24)13-19-5-1-3-18-8-7-17(9-11-19)4-2-6-20(12-10-18)14-32(25,26)16-33(27,28)29/h30H,1-16H2,(H,21,22)(H,23,24)(H,25,26)(H2,27,28,29). The van der Waals surface area contributed by atoms with Crippen LogP contribution in [0.1, 0.15) is 12.8 Å². The van der Waals surface area contributed by atoms with Gasteiger partial charge in [-0.05, 0) is 39.0 Å². The molecule has 2 bridgehead atoms. The van der Waals surface area contributed by atoms with Crippen LogP contribution in [0.3, 0.4) is 0 Å². The molecule has 0 radical (unpaired) electrons. The minimum Gasteiger partial charge on any atom is -0.346 e. The molecular weight excluding hydrogens is 516 g/mol. The minimum atomic E-state index is -4.58. The lowest BCUT2D eigenvalue weighted by atomic mass is 10.2. The summed E-state index contributed by atoms with van der Waals surface area (Å²) in [4.78, 5) is 55.6. The highest BCUT2D eigenvalue weighted by Crippen LogP contribution is 2.54. The van der Waals surface area contributed by atoms with E-state index in [4.69, 9.17) is 14.7 Å². The van der Waals surface area contributed by atoms with Crippen LogP contribution in [0.25, 0.3) is 0 Å². The predicted octanol–water partition coefficient (Wildman–Crippen LogP) is 0.0173. The zero-order valence-corrected chi connectivity index (χ0v) is 22.5. The molecule has 0 saturated carbocycles. The van der Waals surface area contributed by atoms with Crippen LogP contribution in [0, 0.1) is 0 Å². The van der Waals surface area contributed by atoms with Crippen LogP contribution >= 0.6 is 30.4 Å². The van der Waals surface area contributed by atoms with E-state index in [0.29, 0.717) is 52.2 Å². The number of rotatable bonds is 8. The molecule has 33 heavy (non-hydrogen) atoms. The van der Waals surface area contributed by atoms with Gasteiger partial charge in [-0.15, -0.1) is 0 Å². The fraction of sp³-hybridized carbons (Fsp3) is 1.00. The first kappa shape index (κ1) is 29.8.